The lowest BCUT2D eigenvalue weighted by molar-refractivity contribution is 0.0306. The Kier molecular flexibility index (Phi) is 6.17. The van der Waals surface area contributed by atoms with Crippen molar-refractivity contribution in [2.24, 2.45) is 0 Å². The molecular weight excluding hydrogens is 352 g/mol. The van der Waals surface area contributed by atoms with Crippen LogP contribution in [0.4, 0.5) is 0 Å². The molecule has 0 amide bonds. The zero-order valence-electron chi connectivity index (χ0n) is 16.5. The second-order valence-corrected chi connectivity index (χ2v) is 7.56. The van der Waals surface area contributed by atoms with Gasteiger partial charge in [0.1, 0.15) is 5.75 Å². The van der Waals surface area contributed by atoms with Crippen molar-refractivity contribution in [3.63, 3.8) is 0 Å². The number of carboxylic acid groups (broad SMARTS) is 1. The monoisotopic (exact) mass is 380 g/mol. The molecule has 0 saturated carbocycles. The van der Waals surface area contributed by atoms with E-state index in [1.54, 1.807) is 24.3 Å². The van der Waals surface area contributed by atoms with Crippen molar-refractivity contribution in [1.82, 2.24) is 9.80 Å². The highest BCUT2D eigenvalue weighted by Gasteiger charge is 2.34. The number of benzene rings is 2. The topological polar surface area (TPSA) is 64.0 Å². The molecule has 2 aromatic carbocycles. The summed E-state index contributed by atoms with van der Waals surface area (Å²) in [5, 5.41) is 19.3. The normalized spacial score (nSPS) is 21.9. The maximum absolute atomic E-state index is 11.2. The van der Waals surface area contributed by atoms with E-state index >= 15 is 0 Å². The highest BCUT2D eigenvalue weighted by atomic mass is 16.4. The zero-order chi connectivity index (χ0) is 20.3. The van der Waals surface area contributed by atoms with Crippen LogP contribution in [0.1, 0.15) is 41.4 Å². The predicted octanol–water partition coefficient (Wildman–Crippen LogP) is 3.76. The van der Waals surface area contributed by atoms with E-state index in [0.717, 1.165) is 30.8 Å². The molecule has 0 spiro atoms. The number of carbonyl (C=O) groups is 1. The first kappa shape index (κ1) is 20.1. The largest absolute Gasteiger partial charge is 0.508 e. The number of piperazine rings is 1. The number of carboxylic acids is 1. The zero-order valence-corrected chi connectivity index (χ0v) is 16.5. The lowest BCUT2D eigenvalue weighted by Crippen LogP contribution is -2.57. The minimum atomic E-state index is -0.930. The maximum atomic E-state index is 11.2. The Morgan fingerprint density at radius 1 is 1.14 bits per heavy atom. The van der Waals surface area contributed by atoms with Crippen LogP contribution in [0.2, 0.25) is 0 Å². The first-order valence-corrected chi connectivity index (χ1v) is 9.63. The summed E-state index contributed by atoms with van der Waals surface area (Å²) in [6, 6.07) is 15.0. The molecule has 2 aromatic rings. The molecule has 28 heavy (non-hydrogen) atoms. The van der Waals surface area contributed by atoms with Gasteiger partial charge in [-0.25, -0.2) is 4.79 Å². The average molecular weight is 380 g/mol. The molecule has 1 aliphatic rings. The van der Waals surface area contributed by atoms with E-state index in [-0.39, 0.29) is 17.4 Å². The Morgan fingerprint density at radius 2 is 1.86 bits per heavy atom. The number of hydrogen-bond acceptors (Lipinski definition) is 4. The van der Waals surface area contributed by atoms with Crippen LogP contribution >= 0.6 is 0 Å². The number of rotatable bonds is 6. The first-order valence-electron chi connectivity index (χ1n) is 9.63. The summed E-state index contributed by atoms with van der Waals surface area (Å²) in [4.78, 5) is 16.1. The minimum Gasteiger partial charge on any atom is -0.508 e. The molecule has 0 radical (unpaired) electrons. The summed E-state index contributed by atoms with van der Waals surface area (Å²) in [5.41, 5.74) is 2.29. The van der Waals surface area contributed by atoms with Gasteiger partial charge in [-0.15, -0.1) is 6.58 Å². The molecule has 148 valence electrons. The van der Waals surface area contributed by atoms with E-state index in [9.17, 15) is 15.0 Å². The van der Waals surface area contributed by atoms with Gasteiger partial charge in [0.25, 0.3) is 0 Å². The molecule has 5 nitrogen and oxygen atoms in total. The number of aromatic carboxylic acids is 1. The molecule has 2 N–H and O–H groups in total. The Labute approximate surface area is 166 Å². The molecule has 1 fully saturated rings. The Morgan fingerprint density at radius 3 is 2.46 bits per heavy atom. The van der Waals surface area contributed by atoms with Crippen molar-refractivity contribution in [3.05, 3.63) is 77.9 Å². The fourth-order valence-corrected chi connectivity index (χ4v) is 4.08. The van der Waals surface area contributed by atoms with Crippen molar-refractivity contribution in [2.45, 2.75) is 32.0 Å². The third-order valence-corrected chi connectivity index (χ3v) is 5.52. The van der Waals surface area contributed by atoms with Crippen LogP contribution in [0, 0.1) is 0 Å². The van der Waals surface area contributed by atoms with Gasteiger partial charge in [-0.1, -0.05) is 30.3 Å². The van der Waals surface area contributed by atoms with Crippen LogP contribution in [0.15, 0.2) is 61.2 Å². The molecule has 3 atom stereocenters. The van der Waals surface area contributed by atoms with Gasteiger partial charge < -0.3 is 10.2 Å². The van der Waals surface area contributed by atoms with Crippen LogP contribution in [0.25, 0.3) is 0 Å². The van der Waals surface area contributed by atoms with E-state index in [4.69, 9.17) is 0 Å². The predicted molar refractivity (Wildman–Crippen MR) is 111 cm³/mol. The highest BCUT2D eigenvalue weighted by Crippen LogP contribution is 2.34. The Balaban J connectivity index is 1.99. The molecule has 1 saturated heterocycles. The van der Waals surface area contributed by atoms with Crippen LogP contribution in [0.5, 0.6) is 5.75 Å². The van der Waals surface area contributed by atoms with E-state index in [0.29, 0.717) is 12.1 Å². The average Bonchev–Trinajstić information content (AvgIpc) is 2.66. The van der Waals surface area contributed by atoms with Crippen molar-refractivity contribution in [1.29, 1.82) is 0 Å². The number of aromatic hydroxyl groups is 1. The summed E-state index contributed by atoms with van der Waals surface area (Å²) in [5.74, 6) is -0.698. The van der Waals surface area contributed by atoms with E-state index < -0.39 is 5.97 Å². The third-order valence-electron chi connectivity index (χ3n) is 5.52. The van der Waals surface area contributed by atoms with Gasteiger partial charge in [-0.2, -0.15) is 0 Å². The summed E-state index contributed by atoms with van der Waals surface area (Å²) < 4.78 is 0. The molecular formula is C23H28N2O3. The molecule has 1 heterocycles. The second-order valence-electron chi connectivity index (χ2n) is 7.56. The van der Waals surface area contributed by atoms with Gasteiger partial charge >= 0.3 is 5.97 Å². The number of phenolic OH excluding ortho intramolecular Hbond substituents is 1. The molecule has 0 aromatic heterocycles. The van der Waals surface area contributed by atoms with E-state index in [2.05, 4.69) is 30.2 Å². The summed E-state index contributed by atoms with van der Waals surface area (Å²) in [7, 11) is 0. The third kappa shape index (κ3) is 4.26. The Hall–Kier alpha value is -2.63. The van der Waals surface area contributed by atoms with Gasteiger partial charge in [0.2, 0.25) is 0 Å². The molecule has 1 unspecified atom stereocenters. The molecule has 5 heteroatoms. The lowest BCUT2D eigenvalue weighted by atomic mass is 9.93. The van der Waals surface area contributed by atoms with E-state index in [1.165, 1.54) is 0 Å². The van der Waals surface area contributed by atoms with Crippen LogP contribution in [-0.2, 0) is 0 Å². The molecule has 0 bridgehead atoms. The van der Waals surface area contributed by atoms with Gasteiger partial charge in [0, 0.05) is 31.7 Å². The van der Waals surface area contributed by atoms with Crippen molar-refractivity contribution >= 4 is 5.97 Å². The van der Waals surface area contributed by atoms with Crippen molar-refractivity contribution in [3.8, 4) is 5.75 Å². The molecule has 3 rings (SSSR count). The fourth-order valence-electron chi connectivity index (χ4n) is 4.08. The number of nitrogens with zero attached hydrogens (tertiary/aromatic N) is 2. The fraction of sp³-hybridized carbons (Fsp3) is 0.348. The van der Waals surface area contributed by atoms with Gasteiger partial charge in [0.05, 0.1) is 11.6 Å². The maximum Gasteiger partial charge on any atom is 0.335 e. The van der Waals surface area contributed by atoms with Gasteiger partial charge in [-0.05, 0) is 49.2 Å². The summed E-state index contributed by atoms with van der Waals surface area (Å²) >= 11 is 0. The quantitative estimate of drug-likeness (QED) is 0.747. The van der Waals surface area contributed by atoms with Gasteiger partial charge in [-0.3, -0.25) is 9.80 Å². The summed E-state index contributed by atoms with van der Waals surface area (Å²) in [6.07, 6.45) is 1.94. The second kappa shape index (κ2) is 8.59. The number of phenols is 1. The highest BCUT2D eigenvalue weighted by molar-refractivity contribution is 5.87. The van der Waals surface area contributed by atoms with Crippen LogP contribution in [0.3, 0.4) is 0 Å². The van der Waals surface area contributed by atoms with Crippen molar-refractivity contribution < 1.29 is 15.0 Å². The Bertz CT molecular complexity index is 834. The van der Waals surface area contributed by atoms with E-state index in [1.807, 2.05) is 30.3 Å². The smallest absolute Gasteiger partial charge is 0.335 e. The number of hydrogen-bond donors (Lipinski definition) is 2. The lowest BCUT2D eigenvalue weighted by Gasteiger charge is -2.47. The minimum absolute atomic E-state index is 0.0572. The molecule has 1 aliphatic heterocycles. The standard InChI is InChI=1S/C23H28N2O3/c1-4-12-24-14-17(3)25(15-16(24)2)22(20-6-5-7-21(26)13-20)18-8-10-19(11-9-18)23(27)28/h4-11,13,16-17,22,26H,1,12,14-15H2,2-3H3,(H,27,28)/t16-,17+,22?/m0/s1. The van der Waals surface area contributed by atoms with Crippen LogP contribution < -0.4 is 0 Å². The SMILES string of the molecule is C=CCN1C[C@@H](C)N(C(c2ccc(C(=O)O)cc2)c2cccc(O)c2)C[C@@H]1C. The first-order chi connectivity index (χ1) is 13.4. The van der Waals surface area contributed by atoms with Crippen molar-refractivity contribution in [2.75, 3.05) is 19.6 Å². The molecule has 0 aliphatic carbocycles. The van der Waals surface area contributed by atoms with Gasteiger partial charge in [0.15, 0.2) is 0 Å². The summed E-state index contributed by atoms with van der Waals surface area (Å²) in [6.45, 7) is 11.0. The van der Waals surface area contributed by atoms with Crippen LogP contribution in [-0.4, -0.2) is 57.7 Å².